The van der Waals surface area contributed by atoms with Crippen LogP contribution in [-0.4, -0.2) is 21.4 Å². The lowest BCUT2D eigenvalue weighted by atomic mass is 9.85. The van der Waals surface area contributed by atoms with Gasteiger partial charge in [-0.3, -0.25) is 29.8 Å². The second kappa shape index (κ2) is 5.74. The molecular weight excluding hydrogens is 308 g/mol. The van der Waals surface area contributed by atoms with Crippen LogP contribution in [0.2, 0.25) is 0 Å². The van der Waals surface area contributed by atoms with Gasteiger partial charge in [0, 0.05) is 24.4 Å². The van der Waals surface area contributed by atoms with Crippen LogP contribution >= 0.6 is 0 Å². The summed E-state index contributed by atoms with van der Waals surface area (Å²) >= 11 is 0. The van der Waals surface area contributed by atoms with E-state index in [2.05, 4.69) is 15.8 Å². The van der Waals surface area contributed by atoms with E-state index in [0.717, 1.165) is 37.9 Å². The molecule has 1 fully saturated rings. The highest BCUT2D eigenvalue weighted by molar-refractivity contribution is 5.98. The van der Waals surface area contributed by atoms with Crippen molar-refractivity contribution in [3.8, 4) is 0 Å². The van der Waals surface area contributed by atoms with Crippen molar-refractivity contribution in [2.24, 2.45) is 5.92 Å². The smallest absolute Gasteiger partial charge is 0.269 e. The molecule has 4 rings (SSSR count). The van der Waals surface area contributed by atoms with Crippen molar-refractivity contribution in [2.75, 3.05) is 0 Å². The average molecular weight is 326 g/mol. The van der Waals surface area contributed by atoms with Gasteiger partial charge >= 0.3 is 0 Å². The first-order chi connectivity index (χ1) is 11.6. The van der Waals surface area contributed by atoms with Crippen LogP contribution < -0.4 is 16.4 Å². The SMILES string of the molecule is O=C(NNC(=O)C1CCC1)c1ccc2c(=O)n3c(nc2c1)CCC3. The molecule has 1 saturated carbocycles. The number of nitrogens with one attached hydrogen (secondary N) is 2. The molecule has 2 N–H and O–H groups in total. The third kappa shape index (κ3) is 2.46. The van der Waals surface area contributed by atoms with Crippen LogP contribution in [0, 0.1) is 5.92 Å². The molecule has 0 bridgehead atoms. The highest BCUT2D eigenvalue weighted by Gasteiger charge is 2.25. The number of benzene rings is 1. The van der Waals surface area contributed by atoms with Gasteiger partial charge in [0.05, 0.1) is 10.9 Å². The maximum Gasteiger partial charge on any atom is 0.269 e. The molecule has 2 heterocycles. The molecule has 124 valence electrons. The molecule has 0 radical (unpaired) electrons. The first-order valence-electron chi connectivity index (χ1n) is 8.27. The summed E-state index contributed by atoms with van der Waals surface area (Å²) in [5.41, 5.74) is 5.72. The van der Waals surface area contributed by atoms with Gasteiger partial charge in [-0.2, -0.15) is 0 Å². The number of hydrogen-bond donors (Lipinski definition) is 2. The van der Waals surface area contributed by atoms with Crippen LogP contribution in [0.4, 0.5) is 0 Å². The van der Waals surface area contributed by atoms with Crippen LogP contribution in [0.25, 0.3) is 10.9 Å². The zero-order chi connectivity index (χ0) is 16.7. The van der Waals surface area contributed by atoms with Gasteiger partial charge in [-0.1, -0.05) is 6.42 Å². The maximum atomic E-state index is 12.4. The Hall–Kier alpha value is -2.70. The van der Waals surface area contributed by atoms with E-state index in [9.17, 15) is 14.4 Å². The number of hydrogen-bond acceptors (Lipinski definition) is 4. The number of hydrazine groups is 1. The minimum atomic E-state index is -0.410. The minimum Gasteiger partial charge on any atom is -0.296 e. The predicted molar refractivity (Wildman–Crippen MR) is 87.3 cm³/mol. The van der Waals surface area contributed by atoms with Crippen molar-refractivity contribution < 1.29 is 9.59 Å². The van der Waals surface area contributed by atoms with Crippen molar-refractivity contribution in [3.05, 3.63) is 39.9 Å². The first-order valence-corrected chi connectivity index (χ1v) is 8.27. The van der Waals surface area contributed by atoms with Gasteiger partial charge in [0.2, 0.25) is 5.91 Å². The minimum absolute atomic E-state index is 0.00574. The number of carbonyl (C=O) groups excluding carboxylic acids is 2. The Morgan fingerprint density at radius 1 is 1.17 bits per heavy atom. The fourth-order valence-corrected chi connectivity index (χ4v) is 3.19. The molecule has 0 atom stereocenters. The van der Waals surface area contributed by atoms with Crippen molar-refractivity contribution in [1.29, 1.82) is 0 Å². The summed E-state index contributed by atoms with van der Waals surface area (Å²) in [6.07, 6.45) is 4.49. The lowest BCUT2D eigenvalue weighted by Crippen LogP contribution is -2.46. The number of aromatic nitrogens is 2. The quantitative estimate of drug-likeness (QED) is 0.802. The average Bonchev–Trinajstić information content (AvgIpc) is 2.99. The molecule has 1 aromatic carbocycles. The molecule has 1 aliphatic carbocycles. The van der Waals surface area contributed by atoms with Gasteiger partial charge in [-0.05, 0) is 37.5 Å². The zero-order valence-corrected chi connectivity index (χ0v) is 13.2. The fraction of sp³-hybridized carbons (Fsp3) is 0.412. The summed E-state index contributed by atoms with van der Waals surface area (Å²) in [5, 5.41) is 0.510. The lowest BCUT2D eigenvalue weighted by molar-refractivity contribution is -0.128. The molecule has 2 amide bonds. The van der Waals surface area contributed by atoms with E-state index in [1.54, 1.807) is 22.8 Å². The number of aryl methyl sites for hydroxylation is 1. The van der Waals surface area contributed by atoms with E-state index in [1.807, 2.05) is 0 Å². The Kier molecular flexibility index (Phi) is 3.55. The molecule has 7 nitrogen and oxygen atoms in total. The van der Waals surface area contributed by atoms with Crippen molar-refractivity contribution in [2.45, 2.75) is 38.6 Å². The zero-order valence-electron chi connectivity index (χ0n) is 13.2. The first kappa shape index (κ1) is 14.9. The number of fused-ring (bicyclic) bond motifs is 2. The Morgan fingerprint density at radius 3 is 2.75 bits per heavy atom. The Labute approximate surface area is 138 Å². The van der Waals surface area contributed by atoms with Gasteiger partial charge in [0.25, 0.3) is 11.5 Å². The monoisotopic (exact) mass is 326 g/mol. The maximum absolute atomic E-state index is 12.4. The van der Waals surface area contributed by atoms with Crippen LogP contribution in [0.1, 0.15) is 41.9 Å². The summed E-state index contributed by atoms with van der Waals surface area (Å²) < 4.78 is 1.70. The van der Waals surface area contributed by atoms with Gasteiger partial charge in [-0.25, -0.2) is 4.98 Å². The molecule has 0 spiro atoms. The Morgan fingerprint density at radius 2 is 2.00 bits per heavy atom. The molecule has 1 aromatic heterocycles. The van der Waals surface area contributed by atoms with E-state index in [0.29, 0.717) is 23.0 Å². The standard InChI is InChI=1S/C17H18N4O3/c22-15(10-3-1-4-10)19-20-16(23)11-6-7-12-13(9-11)18-14-5-2-8-21(14)17(12)24/h6-7,9-10H,1-5,8H2,(H,19,22)(H,20,23). The molecule has 24 heavy (non-hydrogen) atoms. The summed E-state index contributed by atoms with van der Waals surface area (Å²) in [6, 6.07) is 4.80. The largest absolute Gasteiger partial charge is 0.296 e. The van der Waals surface area contributed by atoms with Crippen molar-refractivity contribution in [1.82, 2.24) is 20.4 Å². The van der Waals surface area contributed by atoms with E-state index in [-0.39, 0.29) is 17.4 Å². The third-order valence-electron chi connectivity index (χ3n) is 4.85. The summed E-state index contributed by atoms with van der Waals surface area (Å²) in [7, 11) is 0. The van der Waals surface area contributed by atoms with Crippen molar-refractivity contribution in [3.63, 3.8) is 0 Å². The normalized spacial score (nSPS) is 16.5. The van der Waals surface area contributed by atoms with Gasteiger partial charge < -0.3 is 0 Å². The lowest BCUT2D eigenvalue weighted by Gasteiger charge is -2.23. The van der Waals surface area contributed by atoms with Gasteiger partial charge in [0.15, 0.2) is 0 Å². The highest BCUT2D eigenvalue weighted by Crippen LogP contribution is 2.25. The van der Waals surface area contributed by atoms with Crippen LogP contribution in [0.5, 0.6) is 0 Å². The second-order valence-electron chi connectivity index (χ2n) is 6.39. The molecule has 2 aliphatic rings. The third-order valence-corrected chi connectivity index (χ3v) is 4.85. The predicted octanol–water partition coefficient (Wildman–Crippen LogP) is 0.904. The van der Waals surface area contributed by atoms with Crippen LogP contribution in [0.3, 0.4) is 0 Å². The van der Waals surface area contributed by atoms with E-state index in [4.69, 9.17) is 0 Å². The number of amides is 2. The summed E-state index contributed by atoms with van der Waals surface area (Å²) in [5.74, 6) is 0.214. The van der Waals surface area contributed by atoms with E-state index < -0.39 is 5.91 Å². The molecule has 0 saturated heterocycles. The van der Waals surface area contributed by atoms with Crippen LogP contribution in [0.15, 0.2) is 23.0 Å². The highest BCUT2D eigenvalue weighted by atomic mass is 16.2. The number of nitrogens with zero attached hydrogens (tertiary/aromatic N) is 2. The fourth-order valence-electron chi connectivity index (χ4n) is 3.19. The molecule has 7 heteroatoms. The Bertz CT molecular complexity index is 899. The summed E-state index contributed by atoms with van der Waals surface area (Å²) in [4.78, 5) is 40.9. The molecular formula is C17H18N4O3. The topological polar surface area (TPSA) is 93.1 Å². The van der Waals surface area contributed by atoms with E-state index in [1.165, 1.54) is 0 Å². The second-order valence-corrected chi connectivity index (χ2v) is 6.39. The number of rotatable bonds is 2. The van der Waals surface area contributed by atoms with Crippen molar-refractivity contribution >= 4 is 22.7 Å². The number of carbonyl (C=O) groups is 2. The van der Waals surface area contributed by atoms with Gasteiger partial charge in [0.1, 0.15) is 5.82 Å². The summed E-state index contributed by atoms with van der Waals surface area (Å²) in [6.45, 7) is 0.701. The van der Waals surface area contributed by atoms with Gasteiger partial charge in [-0.15, -0.1) is 0 Å². The van der Waals surface area contributed by atoms with E-state index >= 15 is 0 Å². The molecule has 1 aliphatic heterocycles. The molecule has 0 unspecified atom stereocenters. The van der Waals surface area contributed by atoms with Crippen LogP contribution in [-0.2, 0) is 17.8 Å². The molecule has 2 aromatic rings. The Balaban J connectivity index is 1.56.